The summed E-state index contributed by atoms with van der Waals surface area (Å²) < 4.78 is 29.4. The maximum Gasteiger partial charge on any atom is 0.271 e. The number of carbonyl (C=O) groups is 1. The van der Waals surface area contributed by atoms with Crippen molar-refractivity contribution < 1.29 is 13.6 Å². The summed E-state index contributed by atoms with van der Waals surface area (Å²) in [6, 6.07) is 12.2. The van der Waals surface area contributed by atoms with Crippen LogP contribution in [0.3, 0.4) is 0 Å². The lowest BCUT2D eigenvalue weighted by Gasteiger charge is -2.34. The van der Waals surface area contributed by atoms with Gasteiger partial charge in [-0.1, -0.05) is 24.3 Å². The third kappa shape index (κ3) is 4.76. The first-order valence-corrected chi connectivity index (χ1v) is 13.7. The number of benzene rings is 2. The Labute approximate surface area is 223 Å². The second-order valence-electron chi connectivity index (χ2n) is 10.2. The Balaban J connectivity index is 1.18. The van der Waals surface area contributed by atoms with Crippen molar-refractivity contribution in [2.75, 3.05) is 26.2 Å². The van der Waals surface area contributed by atoms with Crippen LogP contribution >= 0.6 is 11.3 Å². The van der Waals surface area contributed by atoms with E-state index in [1.807, 2.05) is 4.90 Å². The number of fused-ring (bicyclic) bond motifs is 2. The van der Waals surface area contributed by atoms with Crippen molar-refractivity contribution in [3.8, 4) is 10.4 Å². The van der Waals surface area contributed by atoms with E-state index in [9.17, 15) is 18.4 Å². The molecule has 2 aromatic heterocycles. The van der Waals surface area contributed by atoms with Crippen molar-refractivity contribution >= 4 is 27.5 Å². The molecular formula is C29H28F2N4O2S. The maximum atomic E-state index is 13.7. The fourth-order valence-electron chi connectivity index (χ4n) is 5.58. The lowest BCUT2D eigenvalue weighted by Crippen LogP contribution is -2.47. The average Bonchev–Trinajstić information content (AvgIpc) is 3.36. The number of amides is 1. The minimum Gasteiger partial charge on any atom is -0.340 e. The van der Waals surface area contributed by atoms with E-state index in [-0.39, 0.29) is 17.5 Å². The number of hydrogen-bond donors (Lipinski definition) is 0. The summed E-state index contributed by atoms with van der Waals surface area (Å²) >= 11 is 1.26. The van der Waals surface area contributed by atoms with Crippen LogP contribution in [0.2, 0.25) is 0 Å². The van der Waals surface area contributed by atoms with E-state index in [1.165, 1.54) is 34.1 Å². The minimum absolute atomic E-state index is 0.0197. The van der Waals surface area contributed by atoms with Crippen LogP contribution in [0.1, 0.15) is 36.1 Å². The lowest BCUT2D eigenvalue weighted by molar-refractivity contribution is -0.130. The number of piperazine rings is 1. The summed E-state index contributed by atoms with van der Waals surface area (Å²) in [6.45, 7) is 5.84. The number of thiophene rings is 1. The molecule has 0 saturated carbocycles. The number of halogens is 2. The number of aryl methyl sites for hydroxylation is 1. The third-order valence-electron chi connectivity index (χ3n) is 7.76. The van der Waals surface area contributed by atoms with Crippen LogP contribution in [0.4, 0.5) is 8.78 Å². The van der Waals surface area contributed by atoms with Crippen molar-refractivity contribution in [2.45, 2.75) is 38.8 Å². The van der Waals surface area contributed by atoms with Gasteiger partial charge in [0.1, 0.15) is 4.70 Å². The number of carbonyl (C=O) groups excluding carboxylic acids is 1. The maximum absolute atomic E-state index is 13.7. The fraction of sp³-hybridized carbons (Fsp3) is 0.345. The molecule has 0 N–H and O–H groups in total. The van der Waals surface area contributed by atoms with Crippen molar-refractivity contribution in [1.82, 2.24) is 19.4 Å². The van der Waals surface area contributed by atoms with Crippen LogP contribution in [0.5, 0.6) is 0 Å². The number of hydrogen-bond acceptors (Lipinski definition) is 5. The molecule has 1 aliphatic heterocycles. The Morgan fingerprint density at radius 3 is 2.61 bits per heavy atom. The van der Waals surface area contributed by atoms with Crippen LogP contribution in [-0.2, 0) is 24.2 Å². The van der Waals surface area contributed by atoms with E-state index < -0.39 is 11.6 Å². The predicted octanol–water partition coefficient (Wildman–Crippen LogP) is 4.80. The van der Waals surface area contributed by atoms with E-state index in [1.54, 1.807) is 23.9 Å². The Bertz CT molecular complexity index is 1590. The predicted molar refractivity (Wildman–Crippen MR) is 144 cm³/mol. The summed E-state index contributed by atoms with van der Waals surface area (Å²) in [5, 5.41) is 0. The Morgan fingerprint density at radius 2 is 1.84 bits per heavy atom. The zero-order chi connectivity index (χ0) is 26.4. The molecule has 2 aliphatic rings. The highest BCUT2D eigenvalue weighted by Gasteiger charge is 2.24. The van der Waals surface area contributed by atoms with Gasteiger partial charge in [0.05, 0.1) is 11.8 Å². The van der Waals surface area contributed by atoms with Gasteiger partial charge < -0.3 is 4.90 Å². The molecule has 0 bridgehead atoms. The van der Waals surface area contributed by atoms with Gasteiger partial charge in [0.25, 0.3) is 5.56 Å². The topological polar surface area (TPSA) is 58.4 Å². The highest BCUT2D eigenvalue weighted by molar-refractivity contribution is 7.22. The highest BCUT2D eigenvalue weighted by Crippen LogP contribution is 2.33. The van der Waals surface area contributed by atoms with Crippen molar-refractivity contribution in [3.05, 3.63) is 87.5 Å². The molecule has 0 unspecified atom stereocenters. The largest absolute Gasteiger partial charge is 0.340 e. The molecule has 3 heterocycles. The zero-order valence-corrected chi connectivity index (χ0v) is 21.9. The van der Waals surface area contributed by atoms with E-state index in [0.29, 0.717) is 20.7 Å². The van der Waals surface area contributed by atoms with Crippen molar-refractivity contribution in [3.63, 3.8) is 0 Å². The molecule has 0 radical (unpaired) electrons. The van der Waals surface area contributed by atoms with Crippen LogP contribution < -0.4 is 5.56 Å². The Morgan fingerprint density at radius 1 is 1.03 bits per heavy atom. The van der Waals surface area contributed by atoms with Crippen molar-refractivity contribution in [2.24, 2.45) is 0 Å². The molecule has 196 valence electrons. The van der Waals surface area contributed by atoms with Crippen LogP contribution in [0.25, 0.3) is 20.7 Å². The first-order valence-electron chi connectivity index (χ1n) is 12.9. The normalized spacial score (nSPS) is 18.1. The molecule has 4 aromatic rings. The number of rotatable bonds is 4. The van der Waals surface area contributed by atoms with Gasteiger partial charge in [-0.05, 0) is 59.7 Å². The second-order valence-corrected chi connectivity index (χ2v) is 11.2. The monoisotopic (exact) mass is 534 g/mol. The van der Waals surface area contributed by atoms with Gasteiger partial charge >= 0.3 is 0 Å². The van der Waals surface area contributed by atoms with Gasteiger partial charge in [0.15, 0.2) is 11.6 Å². The molecular weight excluding hydrogens is 506 g/mol. The first-order chi connectivity index (χ1) is 18.4. The molecule has 1 atom stereocenters. The molecule has 38 heavy (non-hydrogen) atoms. The third-order valence-corrected chi connectivity index (χ3v) is 8.92. The molecule has 9 heteroatoms. The fourth-order valence-corrected chi connectivity index (χ4v) is 6.62. The SMILES string of the molecule is CC(=O)N1CCN(Cc2ccc3c(c2)CC[C@H](n2cnc4cc(-c5ccc(F)c(F)c5)sc4c2=O)C3)CC1. The van der Waals surface area contributed by atoms with E-state index in [4.69, 9.17) is 0 Å². The second kappa shape index (κ2) is 10.0. The highest BCUT2D eigenvalue weighted by atomic mass is 32.1. The zero-order valence-electron chi connectivity index (χ0n) is 21.1. The van der Waals surface area contributed by atoms with Crippen LogP contribution in [-0.4, -0.2) is 51.4 Å². The standard InChI is InChI=1S/C29H28F2N4O2S/c1-18(36)34-10-8-33(9-11-34)16-19-2-3-21-13-23(6-4-20(21)12-19)35-17-32-26-15-27(38-28(26)29(35)37)22-5-7-24(30)25(31)14-22/h2-3,5,7,12,14-15,17,23H,4,6,8-11,13,16H2,1H3/t23-/m0/s1. The van der Waals surface area contributed by atoms with Gasteiger partial charge in [-0.15, -0.1) is 11.3 Å². The molecule has 0 spiro atoms. The molecule has 6 nitrogen and oxygen atoms in total. The van der Waals surface area contributed by atoms with Crippen LogP contribution in [0.15, 0.2) is 53.6 Å². The number of aromatic nitrogens is 2. The minimum atomic E-state index is -0.912. The van der Waals surface area contributed by atoms with Gasteiger partial charge in [-0.2, -0.15) is 0 Å². The molecule has 2 aromatic carbocycles. The average molecular weight is 535 g/mol. The summed E-state index contributed by atoms with van der Waals surface area (Å²) in [5.41, 5.74) is 4.87. The first kappa shape index (κ1) is 24.9. The molecule has 1 saturated heterocycles. The van der Waals surface area contributed by atoms with E-state index in [2.05, 4.69) is 28.1 Å². The van der Waals surface area contributed by atoms with Crippen LogP contribution in [0, 0.1) is 11.6 Å². The quantitative estimate of drug-likeness (QED) is 0.378. The van der Waals surface area contributed by atoms with E-state index in [0.717, 1.165) is 64.1 Å². The molecule has 1 fully saturated rings. The van der Waals surface area contributed by atoms with Gasteiger partial charge in [-0.3, -0.25) is 19.1 Å². The van der Waals surface area contributed by atoms with Gasteiger partial charge in [0, 0.05) is 50.6 Å². The molecule has 6 rings (SSSR count). The Kier molecular flexibility index (Phi) is 6.57. The van der Waals surface area contributed by atoms with Gasteiger partial charge in [-0.25, -0.2) is 13.8 Å². The summed E-state index contributed by atoms with van der Waals surface area (Å²) in [6.07, 6.45) is 4.13. The number of nitrogens with zero attached hydrogens (tertiary/aromatic N) is 4. The summed E-state index contributed by atoms with van der Waals surface area (Å²) in [7, 11) is 0. The molecule has 1 amide bonds. The van der Waals surface area contributed by atoms with Crippen molar-refractivity contribution in [1.29, 1.82) is 0 Å². The summed E-state index contributed by atoms with van der Waals surface area (Å²) in [5.74, 6) is -1.67. The Hall–Kier alpha value is -3.43. The molecule has 1 aliphatic carbocycles. The van der Waals surface area contributed by atoms with E-state index >= 15 is 0 Å². The summed E-state index contributed by atoms with van der Waals surface area (Å²) in [4.78, 5) is 34.5. The smallest absolute Gasteiger partial charge is 0.271 e. The lowest BCUT2D eigenvalue weighted by atomic mass is 9.87. The van der Waals surface area contributed by atoms with Gasteiger partial charge in [0.2, 0.25) is 5.91 Å².